The molecule has 0 spiro atoms. The summed E-state index contributed by atoms with van der Waals surface area (Å²) in [5, 5.41) is 4.50. The average molecular weight is 1060 g/mol. The summed E-state index contributed by atoms with van der Waals surface area (Å²) in [6.07, 6.45) is 2.14. The van der Waals surface area contributed by atoms with Crippen LogP contribution in [0.25, 0.3) is 0 Å². The lowest BCUT2D eigenvalue weighted by molar-refractivity contribution is 0.392. The van der Waals surface area contributed by atoms with Crippen molar-refractivity contribution < 1.29 is 0 Å². The Kier molecular flexibility index (Phi) is 11.0. The highest BCUT2D eigenvalue weighted by Crippen LogP contribution is 2.55. The number of fused-ring (bicyclic) bond motifs is 8. The van der Waals surface area contributed by atoms with E-state index in [4.69, 9.17) is 0 Å². The van der Waals surface area contributed by atoms with Gasteiger partial charge in [0.15, 0.2) is 0 Å². The fraction of sp³-hybridized carbons (Fsp3) is 0.280. The Morgan fingerprint density at radius 1 is 0.425 bits per heavy atom. The third kappa shape index (κ3) is 7.51. The zero-order valence-electron chi connectivity index (χ0n) is 49.4. The molecule has 0 saturated carbocycles. The number of para-hydroxylation sites is 2. The van der Waals surface area contributed by atoms with Crippen molar-refractivity contribution in [1.82, 2.24) is 0 Å². The van der Waals surface area contributed by atoms with Crippen molar-refractivity contribution in [3.8, 4) is 0 Å². The van der Waals surface area contributed by atoms with Gasteiger partial charge in [0.05, 0.1) is 17.1 Å². The summed E-state index contributed by atoms with van der Waals surface area (Å²) in [5.41, 5.74) is 26.3. The first-order chi connectivity index (χ1) is 38.0. The van der Waals surface area contributed by atoms with Crippen LogP contribution in [-0.4, -0.2) is 14.8 Å². The second-order valence-corrected chi connectivity index (χ2v) is 32.3. The van der Waals surface area contributed by atoms with Crippen LogP contribution in [0.2, 0.25) is 6.04 Å². The van der Waals surface area contributed by atoms with Crippen molar-refractivity contribution in [3.05, 3.63) is 233 Å². The van der Waals surface area contributed by atoms with E-state index >= 15 is 0 Å². The van der Waals surface area contributed by atoms with E-state index in [1.807, 2.05) is 0 Å². The zero-order chi connectivity index (χ0) is 55.6. The summed E-state index contributed by atoms with van der Waals surface area (Å²) < 4.78 is 0. The zero-order valence-corrected chi connectivity index (χ0v) is 50.4. The molecular formula is C75H76BN3Si. The Labute approximate surface area is 478 Å². The first kappa shape index (κ1) is 50.9. The van der Waals surface area contributed by atoms with Crippen LogP contribution in [-0.2, 0) is 34.5 Å². The van der Waals surface area contributed by atoms with Crippen LogP contribution in [0.15, 0.2) is 188 Å². The van der Waals surface area contributed by atoms with Crippen LogP contribution in [0, 0.1) is 12.3 Å². The number of hydrogen-bond donors (Lipinski definition) is 0. The van der Waals surface area contributed by atoms with Crippen LogP contribution < -0.4 is 46.6 Å². The van der Waals surface area contributed by atoms with Gasteiger partial charge in [-0.1, -0.05) is 217 Å². The second kappa shape index (κ2) is 17.3. The van der Waals surface area contributed by atoms with E-state index < -0.39 is 8.07 Å². The summed E-state index contributed by atoms with van der Waals surface area (Å²) in [6, 6.07) is 75.6. The topological polar surface area (TPSA) is 9.72 Å². The van der Waals surface area contributed by atoms with Gasteiger partial charge in [-0.15, -0.1) is 0 Å². The van der Waals surface area contributed by atoms with E-state index in [-0.39, 0.29) is 33.8 Å². The first-order valence-corrected chi connectivity index (χ1v) is 31.7. The minimum absolute atomic E-state index is 0.00471. The number of anilines is 9. The van der Waals surface area contributed by atoms with Gasteiger partial charge in [-0.3, -0.25) is 0 Å². The maximum atomic E-state index is 2.74. The molecule has 0 unspecified atom stereocenters. The fourth-order valence-electron chi connectivity index (χ4n) is 15.6. The lowest BCUT2D eigenvalue weighted by Gasteiger charge is -2.47. The maximum Gasteiger partial charge on any atom is 0.252 e. The molecule has 9 aromatic rings. The van der Waals surface area contributed by atoms with Crippen LogP contribution in [0.5, 0.6) is 0 Å². The number of aryl methyl sites for hydroxylation is 1. The molecule has 0 amide bonds. The number of rotatable bonds is 5. The molecule has 4 heterocycles. The molecule has 0 saturated heterocycles. The summed E-state index contributed by atoms with van der Waals surface area (Å²) >= 11 is 0. The van der Waals surface area contributed by atoms with E-state index in [1.165, 1.54) is 117 Å². The highest BCUT2D eigenvalue weighted by Gasteiger charge is 2.54. The minimum atomic E-state index is -2.64. The van der Waals surface area contributed by atoms with Gasteiger partial charge in [-0.25, -0.2) is 0 Å². The lowest BCUT2D eigenvalue weighted by atomic mass is 9.33. The van der Waals surface area contributed by atoms with E-state index in [0.717, 1.165) is 24.6 Å². The van der Waals surface area contributed by atoms with Crippen LogP contribution in [0.4, 0.5) is 51.2 Å². The molecule has 9 aromatic carbocycles. The normalized spacial score (nSPS) is 17.5. The molecule has 0 aromatic heterocycles. The lowest BCUT2D eigenvalue weighted by Crippen LogP contribution is -2.66. The van der Waals surface area contributed by atoms with Gasteiger partial charge in [0, 0.05) is 39.5 Å². The van der Waals surface area contributed by atoms with Gasteiger partial charge in [0.2, 0.25) is 0 Å². The Hall–Kier alpha value is -7.34. The molecule has 0 bridgehead atoms. The molecular weight excluding hydrogens is 982 g/mol. The summed E-state index contributed by atoms with van der Waals surface area (Å²) in [4.78, 5) is 8.02. The van der Waals surface area contributed by atoms with Gasteiger partial charge in [-0.05, 0) is 179 Å². The van der Waals surface area contributed by atoms with Crippen molar-refractivity contribution in [3.63, 3.8) is 0 Å². The SMILES string of the molecule is Cc1cc(C(C)(C)C)ccc1N1c2cc3c(cc2B2c4cc5c(cc4N(c4ccc(C(C)(C)C)cc4)c4cc(N6c7ccccc7C(C)(C)c7ccccc76)cc1c42)[Si](c1ccccc1)(c1ccccc1)CC5(C)C)CC(C)(C)C3. The van der Waals surface area contributed by atoms with Crippen LogP contribution in [0.3, 0.4) is 0 Å². The molecule has 0 atom stereocenters. The average Bonchev–Trinajstić information content (AvgIpc) is 3.37. The summed E-state index contributed by atoms with van der Waals surface area (Å²) in [6.45, 7) is 31.2. The monoisotopic (exact) mass is 1060 g/mol. The Morgan fingerprint density at radius 3 is 1.50 bits per heavy atom. The van der Waals surface area contributed by atoms with E-state index in [9.17, 15) is 0 Å². The molecule has 80 heavy (non-hydrogen) atoms. The molecule has 5 heteroatoms. The van der Waals surface area contributed by atoms with Crippen molar-refractivity contribution >= 4 is 97.9 Å². The summed E-state index contributed by atoms with van der Waals surface area (Å²) in [7, 11) is -2.64. The number of nitrogens with zero attached hydrogens (tertiary/aromatic N) is 3. The molecule has 0 N–H and O–H groups in total. The Morgan fingerprint density at radius 2 is 0.925 bits per heavy atom. The van der Waals surface area contributed by atoms with E-state index in [0.29, 0.717) is 0 Å². The third-order valence-corrected chi connectivity index (χ3v) is 24.9. The van der Waals surface area contributed by atoms with Gasteiger partial charge in [0.1, 0.15) is 8.07 Å². The molecule has 0 fully saturated rings. The van der Waals surface area contributed by atoms with Crippen molar-refractivity contribution in [2.24, 2.45) is 5.41 Å². The standard InChI is InChI=1S/C75H76BN3Si/c1-48-38-52(72(5,6)7)34-37-62(48)79-65-40-50-46-73(8,9)45-49(50)39-60(65)76-61-43-59-69(80(47-74(59,10)11,55-24-16-14-17-25-55)56-26-18-15-19-27-56)44-66(61)77(53-35-32-51(33-36-53)71(2,3)4)67-41-54(42-68(79)70(67)76)78-63-30-22-20-28-57(63)75(12,13)58-29-21-23-31-64(58)78/h14-44H,45-47H2,1-13H3. The summed E-state index contributed by atoms with van der Waals surface area (Å²) in [5.74, 6) is 0. The van der Waals surface area contributed by atoms with Gasteiger partial charge >= 0.3 is 0 Å². The van der Waals surface area contributed by atoms with Crippen molar-refractivity contribution in [2.45, 2.75) is 131 Å². The van der Waals surface area contributed by atoms with Gasteiger partial charge in [0.25, 0.3) is 6.71 Å². The second-order valence-electron chi connectivity index (χ2n) is 28.4. The molecule has 0 radical (unpaired) electrons. The predicted molar refractivity (Wildman–Crippen MR) is 346 cm³/mol. The first-order valence-electron chi connectivity index (χ1n) is 29.5. The third-order valence-electron chi connectivity index (χ3n) is 19.5. The van der Waals surface area contributed by atoms with E-state index in [2.05, 4.69) is 293 Å². The minimum Gasteiger partial charge on any atom is -0.311 e. The quantitative estimate of drug-likeness (QED) is 0.159. The smallest absolute Gasteiger partial charge is 0.252 e. The molecule has 398 valence electrons. The molecule has 3 nitrogen and oxygen atoms in total. The van der Waals surface area contributed by atoms with Crippen molar-refractivity contribution in [2.75, 3.05) is 14.7 Å². The number of hydrogen-bond acceptors (Lipinski definition) is 3. The highest BCUT2D eigenvalue weighted by atomic mass is 28.3. The molecule has 14 rings (SSSR count). The highest BCUT2D eigenvalue weighted by molar-refractivity contribution is 7.13. The molecule has 4 aliphatic heterocycles. The van der Waals surface area contributed by atoms with E-state index in [1.54, 1.807) is 5.19 Å². The largest absolute Gasteiger partial charge is 0.311 e. The molecule has 5 aliphatic rings. The van der Waals surface area contributed by atoms with Gasteiger partial charge in [-0.2, -0.15) is 0 Å². The maximum absolute atomic E-state index is 2.74. The van der Waals surface area contributed by atoms with Crippen molar-refractivity contribution in [1.29, 1.82) is 0 Å². The number of benzene rings is 9. The van der Waals surface area contributed by atoms with Crippen LogP contribution in [0.1, 0.15) is 128 Å². The fourth-order valence-corrected chi connectivity index (χ4v) is 21.4. The molecule has 1 aliphatic carbocycles. The Bertz CT molecular complexity index is 3920. The van der Waals surface area contributed by atoms with Crippen LogP contribution >= 0.6 is 0 Å². The predicted octanol–water partition coefficient (Wildman–Crippen LogP) is 15.7. The van der Waals surface area contributed by atoms with Gasteiger partial charge < -0.3 is 14.7 Å². The Balaban J connectivity index is 1.14.